The van der Waals surface area contributed by atoms with Crippen molar-refractivity contribution >= 4 is 35.4 Å². The molecule has 0 aromatic heterocycles. The van der Waals surface area contributed by atoms with Gasteiger partial charge in [-0.05, 0) is 23.3 Å². The van der Waals surface area contributed by atoms with E-state index in [1.54, 1.807) is 12.1 Å². The molecule has 1 aliphatic heterocycles. The van der Waals surface area contributed by atoms with Gasteiger partial charge in [-0.1, -0.05) is 24.3 Å². The molecule has 3 rings (SSSR count). The number of benzene rings is 2. The lowest BCUT2D eigenvalue weighted by atomic mass is 10.1. The fraction of sp³-hybridized carbons (Fsp3) is 0. The van der Waals surface area contributed by atoms with E-state index in [9.17, 15) is 25.0 Å². The summed E-state index contributed by atoms with van der Waals surface area (Å²) in [4.78, 5) is 36.5. The van der Waals surface area contributed by atoms with Crippen molar-refractivity contribution in [1.82, 2.24) is 0 Å². The minimum Gasteiger partial charge on any atom is -0.403 e. The van der Waals surface area contributed by atoms with E-state index in [4.69, 9.17) is 4.74 Å². The van der Waals surface area contributed by atoms with Gasteiger partial charge in [-0.25, -0.2) is 9.79 Å². The van der Waals surface area contributed by atoms with Crippen molar-refractivity contribution in [2.45, 2.75) is 0 Å². The molecule has 9 heteroatoms. The molecule has 0 spiro atoms. The summed E-state index contributed by atoms with van der Waals surface area (Å²) < 4.78 is 5.01. The lowest BCUT2D eigenvalue weighted by molar-refractivity contribution is -0.385. The van der Waals surface area contributed by atoms with Crippen LogP contribution in [0.2, 0.25) is 0 Å². The summed E-state index contributed by atoms with van der Waals surface area (Å²) in [5.74, 6) is -0.677. The van der Waals surface area contributed by atoms with Crippen LogP contribution in [0.4, 0.5) is 11.4 Å². The maximum Gasteiger partial charge on any atom is 0.363 e. The Balaban J connectivity index is 1.82. The van der Waals surface area contributed by atoms with Crippen LogP contribution < -0.4 is 0 Å². The highest BCUT2D eigenvalue weighted by atomic mass is 16.6. The van der Waals surface area contributed by atoms with Gasteiger partial charge in [0.25, 0.3) is 11.4 Å². The van der Waals surface area contributed by atoms with Crippen LogP contribution in [0.5, 0.6) is 0 Å². The average molecular weight is 365 g/mol. The largest absolute Gasteiger partial charge is 0.403 e. The normalized spacial score (nSPS) is 15.0. The zero-order chi connectivity index (χ0) is 19.4. The number of rotatable bonds is 5. The molecule has 0 atom stereocenters. The number of carbonyl (C=O) groups excluding carboxylic acids is 1. The number of nitrogens with zero attached hydrogens (tertiary/aromatic N) is 3. The van der Waals surface area contributed by atoms with Crippen LogP contribution in [0.3, 0.4) is 0 Å². The molecule has 134 valence electrons. The van der Waals surface area contributed by atoms with Crippen molar-refractivity contribution in [2.75, 3.05) is 0 Å². The van der Waals surface area contributed by atoms with E-state index in [2.05, 4.69) is 4.99 Å². The van der Waals surface area contributed by atoms with E-state index in [-0.39, 0.29) is 23.0 Å². The molecule has 0 unspecified atom stereocenters. The number of esters is 1. The minimum absolute atomic E-state index is 0.00538. The zero-order valence-electron chi connectivity index (χ0n) is 13.6. The summed E-state index contributed by atoms with van der Waals surface area (Å²) in [6, 6.07) is 11.7. The molecule has 0 amide bonds. The highest BCUT2D eigenvalue weighted by molar-refractivity contribution is 6.11. The van der Waals surface area contributed by atoms with Crippen molar-refractivity contribution in [3.05, 3.63) is 91.7 Å². The molecular formula is C18H11N3O6. The van der Waals surface area contributed by atoms with Gasteiger partial charge >= 0.3 is 5.97 Å². The maximum atomic E-state index is 11.9. The molecular weight excluding hydrogens is 354 g/mol. The number of hydrogen-bond donors (Lipinski definition) is 0. The lowest BCUT2D eigenvalue weighted by Crippen LogP contribution is -2.01. The van der Waals surface area contributed by atoms with Gasteiger partial charge in [0.05, 0.1) is 9.85 Å². The van der Waals surface area contributed by atoms with E-state index in [1.165, 1.54) is 54.6 Å². The number of non-ortho nitro benzene ring substituents is 2. The second-order valence-corrected chi connectivity index (χ2v) is 5.41. The fourth-order valence-corrected chi connectivity index (χ4v) is 2.29. The maximum absolute atomic E-state index is 11.9. The number of hydrogen-bond acceptors (Lipinski definition) is 7. The molecule has 1 heterocycles. The Morgan fingerprint density at radius 2 is 1.48 bits per heavy atom. The summed E-state index contributed by atoms with van der Waals surface area (Å²) in [5, 5.41) is 21.6. The van der Waals surface area contributed by atoms with Crippen LogP contribution >= 0.6 is 0 Å². The van der Waals surface area contributed by atoms with Crippen LogP contribution in [0.25, 0.3) is 12.2 Å². The molecule has 0 N–H and O–H groups in total. The second-order valence-electron chi connectivity index (χ2n) is 5.41. The number of nitro benzene ring substituents is 2. The number of cyclic esters (lactones) is 1. The Labute approximate surface area is 152 Å². The van der Waals surface area contributed by atoms with Gasteiger partial charge in [-0.15, -0.1) is 0 Å². The number of nitro groups is 2. The minimum atomic E-state index is -0.694. The van der Waals surface area contributed by atoms with E-state index >= 15 is 0 Å². The first-order valence-corrected chi connectivity index (χ1v) is 7.62. The van der Waals surface area contributed by atoms with E-state index in [1.807, 2.05) is 0 Å². The monoisotopic (exact) mass is 365 g/mol. The van der Waals surface area contributed by atoms with Crippen molar-refractivity contribution in [1.29, 1.82) is 0 Å². The Kier molecular flexibility index (Phi) is 4.84. The molecule has 2 aromatic carbocycles. The van der Waals surface area contributed by atoms with Crippen LogP contribution in [-0.4, -0.2) is 21.7 Å². The van der Waals surface area contributed by atoms with Crippen LogP contribution in [0.1, 0.15) is 11.1 Å². The third-order valence-electron chi connectivity index (χ3n) is 3.52. The number of aliphatic imine (C=N–C) groups is 1. The topological polar surface area (TPSA) is 125 Å². The van der Waals surface area contributed by atoms with Gasteiger partial charge in [0.1, 0.15) is 0 Å². The third kappa shape index (κ3) is 4.28. The number of ether oxygens (including phenoxy) is 1. The van der Waals surface area contributed by atoms with Crippen LogP contribution in [0.15, 0.2) is 65.3 Å². The predicted molar refractivity (Wildman–Crippen MR) is 96.7 cm³/mol. The lowest BCUT2D eigenvalue weighted by Gasteiger charge is -1.95. The summed E-state index contributed by atoms with van der Waals surface area (Å²) >= 11 is 0. The quantitative estimate of drug-likeness (QED) is 0.345. The van der Waals surface area contributed by atoms with Gasteiger partial charge in [0, 0.05) is 30.3 Å². The SMILES string of the molecule is O=C1OC(/C=C\c2cccc([N+](=O)[O-])c2)=NC/1=C/c1cccc([N+](=O)[O-])c1. The summed E-state index contributed by atoms with van der Waals surface area (Å²) in [5.41, 5.74) is 0.802. The van der Waals surface area contributed by atoms with Gasteiger partial charge in [0.15, 0.2) is 5.70 Å². The molecule has 0 saturated heterocycles. The van der Waals surface area contributed by atoms with Gasteiger partial charge in [0.2, 0.25) is 5.90 Å². The van der Waals surface area contributed by atoms with E-state index in [0.29, 0.717) is 11.1 Å². The van der Waals surface area contributed by atoms with Crippen molar-refractivity contribution in [2.24, 2.45) is 4.99 Å². The molecule has 0 bridgehead atoms. The Morgan fingerprint density at radius 3 is 2.11 bits per heavy atom. The second kappa shape index (κ2) is 7.40. The molecule has 2 aromatic rings. The molecule has 27 heavy (non-hydrogen) atoms. The molecule has 9 nitrogen and oxygen atoms in total. The van der Waals surface area contributed by atoms with E-state index < -0.39 is 15.8 Å². The fourth-order valence-electron chi connectivity index (χ4n) is 2.29. The predicted octanol–water partition coefficient (Wildman–Crippen LogP) is 3.51. The van der Waals surface area contributed by atoms with Crippen molar-refractivity contribution in [3.63, 3.8) is 0 Å². The Morgan fingerprint density at radius 1 is 0.889 bits per heavy atom. The first-order chi connectivity index (χ1) is 12.9. The van der Waals surface area contributed by atoms with Crippen LogP contribution in [0, 0.1) is 20.2 Å². The average Bonchev–Trinajstić information content (AvgIpc) is 3.00. The molecule has 1 aliphatic rings. The first kappa shape index (κ1) is 17.7. The smallest absolute Gasteiger partial charge is 0.363 e. The van der Waals surface area contributed by atoms with Crippen LogP contribution in [-0.2, 0) is 9.53 Å². The standard InChI is InChI=1S/C18H11N3O6/c22-18-16(11-13-4-2-6-15(10-13)21(25)26)19-17(27-18)8-7-12-3-1-5-14(9-12)20(23)24/h1-11H/b8-7-,16-11+. The molecule has 0 radical (unpaired) electrons. The Bertz CT molecular complexity index is 1040. The highest BCUT2D eigenvalue weighted by Crippen LogP contribution is 2.20. The Hall–Kier alpha value is -4.14. The van der Waals surface area contributed by atoms with Gasteiger partial charge in [-0.2, -0.15) is 0 Å². The molecule has 0 saturated carbocycles. The summed E-state index contributed by atoms with van der Waals surface area (Å²) in [6.45, 7) is 0. The van der Waals surface area contributed by atoms with E-state index in [0.717, 1.165) is 0 Å². The zero-order valence-corrected chi connectivity index (χ0v) is 13.6. The van der Waals surface area contributed by atoms with Gasteiger partial charge < -0.3 is 4.74 Å². The number of carbonyl (C=O) groups is 1. The first-order valence-electron chi connectivity index (χ1n) is 7.62. The highest BCUT2D eigenvalue weighted by Gasteiger charge is 2.21. The van der Waals surface area contributed by atoms with Crippen molar-refractivity contribution in [3.8, 4) is 0 Å². The van der Waals surface area contributed by atoms with Crippen molar-refractivity contribution < 1.29 is 19.4 Å². The summed E-state index contributed by atoms with van der Waals surface area (Å²) in [6.07, 6.45) is 4.31. The summed E-state index contributed by atoms with van der Waals surface area (Å²) in [7, 11) is 0. The third-order valence-corrected chi connectivity index (χ3v) is 3.52. The molecule has 0 fully saturated rings. The molecule has 0 aliphatic carbocycles. The van der Waals surface area contributed by atoms with Gasteiger partial charge in [-0.3, -0.25) is 20.2 Å².